The van der Waals surface area contributed by atoms with Crippen LogP contribution in [0.3, 0.4) is 0 Å². The second-order valence-corrected chi connectivity index (χ2v) is 4.48. The van der Waals surface area contributed by atoms with Crippen molar-refractivity contribution < 1.29 is 9.53 Å². The number of nitrogens with zero attached hydrogens (tertiary/aromatic N) is 1. The second-order valence-electron chi connectivity index (χ2n) is 4.48. The van der Waals surface area contributed by atoms with Crippen molar-refractivity contribution in [2.75, 3.05) is 30.4 Å². The predicted molar refractivity (Wildman–Crippen MR) is 72.6 cm³/mol. The van der Waals surface area contributed by atoms with Crippen LogP contribution in [-0.4, -0.2) is 25.7 Å². The molecule has 1 aromatic carbocycles. The molecular formula is C14H20N2O2. The molecule has 4 nitrogen and oxygen atoms in total. The Morgan fingerprint density at radius 1 is 1.50 bits per heavy atom. The largest absolute Gasteiger partial charge is 0.399 e. The van der Waals surface area contributed by atoms with Gasteiger partial charge in [-0.2, -0.15) is 0 Å². The van der Waals surface area contributed by atoms with E-state index in [1.165, 1.54) is 5.56 Å². The maximum atomic E-state index is 12.1. The Morgan fingerprint density at radius 2 is 2.33 bits per heavy atom. The number of rotatable bonds is 5. The number of amides is 1. The van der Waals surface area contributed by atoms with Crippen LogP contribution >= 0.6 is 0 Å². The lowest BCUT2D eigenvalue weighted by molar-refractivity contribution is -0.118. The van der Waals surface area contributed by atoms with Crippen molar-refractivity contribution in [3.8, 4) is 0 Å². The molecule has 1 aliphatic heterocycles. The van der Waals surface area contributed by atoms with E-state index in [0.717, 1.165) is 30.8 Å². The van der Waals surface area contributed by atoms with E-state index >= 15 is 0 Å². The van der Waals surface area contributed by atoms with Gasteiger partial charge in [0.2, 0.25) is 5.91 Å². The van der Waals surface area contributed by atoms with Gasteiger partial charge in [0.25, 0.3) is 0 Å². The van der Waals surface area contributed by atoms with Crippen molar-refractivity contribution >= 4 is 17.3 Å². The molecule has 2 rings (SSSR count). The molecule has 0 saturated carbocycles. The molecule has 1 amide bonds. The Kier molecular flexibility index (Phi) is 4.20. The highest BCUT2D eigenvalue weighted by Crippen LogP contribution is 2.30. The van der Waals surface area contributed by atoms with Gasteiger partial charge in [-0.3, -0.25) is 4.79 Å². The van der Waals surface area contributed by atoms with Gasteiger partial charge in [0.15, 0.2) is 0 Å². The molecular weight excluding hydrogens is 228 g/mol. The normalized spacial score (nSPS) is 13.7. The third-order valence-electron chi connectivity index (χ3n) is 3.18. The highest BCUT2D eigenvalue weighted by atomic mass is 16.5. The fraction of sp³-hybridized carbons (Fsp3) is 0.500. The van der Waals surface area contributed by atoms with Crippen LogP contribution in [0.2, 0.25) is 0 Å². The van der Waals surface area contributed by atoms with Gasteiger partial charge >= 0.3 is 0 Å². The summed E-state index contributed by atoms with van der Waals surface area (Å²) < 4.78 is 5.24. The van der Waals surface area contributed by atoms with Crippen LogP contribution < -0.4 is 10.6 Å². The Bertz CT molecular complexity index is 432. The molecule has 0 spiro atoms. The van der Waals surface area contributed by atoms with E-state index in [1.54, 1.807) is 0 Å². The lowest BCUT2D eigenvalue weighted by Crippen LogP contribution is -2.28. The molecule has 0 aliphatic carbocycles. The van der Waals surface area contributed by atoms with Crippen molar-refractivity contribution in [3.63, 3.8) is 0 Å². The Labute approximate surface area is 108 Å². The zero-order valence-corrected chi connectivity index (χ0v) is 10.8. The zero-order chi connectivity index (χ0) is 13.0. The Hall–Kier alpha value is -1.55. The van der Waals surface area contributed by atoms with E-state index in [-0.39, 0.29) is 5.91 Å². The summed E-state index contributed by atoms with van der Waals surface area (Å²) in [6.45, 7) is 4.10. The van der Waals surface area contributed by atoms with Gasteiger partial charge in [0.05, 0.1) is 0 Å². The summed E-state index contributed by atoms with van der Waals surface area (Å²) in [6.07, 6.45) is 2.23. The molecule has 1 aromatic rings. The summed E-state index contributed by atoms with van der Waals surface area (Å²) >= 11 is 0. The summed E-state index contributed by atoms with van der Waals surface area (Å²) in [4.78, 5) is 14.0. The van der Waals surface area contributed by atoms with Crippen LogP contribution in [0.1, 0.15) is 25.3 Å². The maximum Gasteiger partial charge on any atom is 0.227 e. The first-order valence-electron chi connectivity index (χ1n) is 6.49. The molecule has 0 radical (unpaired) electrons. The van der Waals surface area contributed by atoms with Crippen molar-refractivity contribution in [2.24, 2.45) is 0 Å². The fourth-order valence-corrected chi connectivity index (χ4v) is 2.29. The minimum absolute atomic E-state index is 0.179. The van der Waals surface area contributed by atoms with Gasteiger partial charge < -0.3 is 15.4 Å². The van der Waals surface area contributed by atoms with Crippen molar-refractivity contribution in [1.82, 2.24) is 0 Å². The van der Waals surface area contributed by atoms with E-state index in [2.05, 4.69) is 0 Å². The summed E-state index contributed by atoms with van der Waals surface area (Å²) in [5.41, 5.74) is 8.70. The number of nitrogens with two attached hydrogens (primary N) is 1. The van der Waals surface area contributed by atoms with Gasteiger partial charge in [0, 0.05) is 37.6 Å². The summed E-state index contributed by atoms with van der Waals surface area (Å²) in [6, 6.07) is 5.76. The number of carbonyl (C=O) groups is 1. The second kappa shape index (κ2) is 5.87. The van der Waals surface area contributed by atoms with E-state index in [1.807, 2.05) is 30.0 Å². The van der Waals surface area contributed by atoms with Gasteiger partial charge in [-0.15, -0.1) is 0 Å². The number of anilines is 2. The first-order chi connectivity index (χ1) is 8.72. The summed E-state index contributed by atoms with van der Waals surface area (Å²) in [5.74, 6) is 0.179. The minimum atomic E-state index is 0.179. The molecule has 0 unspecified atom stereocenters. The molecule has 0 atom stereocenters. The van der Waals surface area contributed by atoms with E-state index < -0.39 is 0 Å². The van der Waals surface area contributed by atoms with Crippen LogP contribution in [-0.2, 0) is 16.0 Å². The first kappa shape index (κ1) is 12.9. The summed E-state index contributed by atoms with van der Waals surface area (Å²) in [5, 5.41) is 0. The molecule has 0 fully saturated rings. The molecule has 0 saturated heterocycles. The highest BCUT2D eigenvalue weighted by molar-refractivity contribution is 5.95. The maximum absolute atomic E-state index is 12.1. The van der Waals surface area contributed by atoms with Gasteiger partial charge in [-0.05, 0) is 43.5 Å². The number of hydrogen-bond acceptors (Lipinski definition) is 3. The molecule has 4 heteroatoms. The van der Waals surface area contributed by atoms with Gasteiger partial charge in [-0.1, -0.05) is 0 Å². The van der Waals surface area contributed by atoms with Crippen LogP contribution in [0.4, 0.5) is 11.4 Å². The third kappa shape index (κ3) is 2.82. The Balaban J connectivity index is 1.94. The number of fused-ring (bicyclic) bond motifs is 1. The molecule has 0 aromatic heterocycles. The lowest BCUT2D eigenvalue weighted by Gasteiger charge is -2.17. The third-order valence-corrected chi connectivity index (χ3v) is 3.18. The number of ether oxygens (including phenoxy) is 1. The smallest absolute Gasteiger partial charge is 0.227 e. The molecule has 1 aliphatic rings. The Morgan fingerprint density at radius 3 is 3.11 bits per heavy atom. The quantitative estimate of drug-likeness (QED) is 0.640. The highest BCUT2D eigenvalue weighted by Gasteiger charge is 2.23. The standard InChI is InChI=1S/C14H20N2O2/c1-2-18-9-3-4-14(17)16-8-7-11-10-12(15)5-6-13(11)16/h5-6,10H,2-4,7-9,15H2,1H3. The predicted octanol–water partition coefficient (Wildman–Crippen LogP) is 1.97. The zero-order valence-electron chi connectivity index (χ0n) is 10.8. The average molecular weight is 248 g/mol. The van der Waals surface area contributed by atoms with Crippen LogP contribution in [0.5, 0.6) is 0 Å². The van der Waals surface area contributed by atoms with Gasteiger partial charge in [0.1, 0.15) is 0 Å². The van der Waals surface area contributed by atoms with Crippen LogP contribution in [0.15, 0.2) is 18.2 Å². The minimum Gasteiger partial charge on any atom is -0.399 e. The number of benzene rings is 1. The summed E-state index contributed by atoms with van der Waals surface area (Å²) in [7, 11) is 0. The monoisotopic (exact) mass is 248 g/mol. The van der Waals surface area contributed by atoms with Crippen molar-refractivity contribution in [3.05, 3.63) is 23.8 Å². The number of hydrogen-bond donors (Lipinski definition) is 1. The number of nitrogen functional groups attached to an aromatic ring is 1. The van der Waals surface area contributed by atoms with Crippen LogP contribution in [0.25, 0.3) is 0 Å². The van der Waals surface area contributed by atoms with E-state index in [9.17, 15) is 4.79 Å². The molecule has 18 heavy (non-hydrogen) atoms. The lowest BCUT2D eigenvalue weighted by atomic mass is 10.1. The van der Waals surface area contributed by atoms with Crippen molar-refractivity contribution in [2.45, 2.75) is 26.2 Å². The van der Waals surface area contributed by atoms with Crippen LogP contribution in [0, 0.1) is 0 Å². The SMILES string of the molecule is CCOCCCC(=O)N1CCc2cc(N)ccc21. The van der Waals surface area contributed by atoms with Gasteiger partial charge in [-0.25, -0.2) is 0 Å². The first-order valence-corrected chi connectivity index (χ1v) is 6.49. The molecule has 98 valence electrons. The average Bonchev–Trinajstić information content (AvgIpc) is 2.77. The molecule has 1 heterocycles. The molecule has 2 N–H and O–H groups in total. The molecule has 0 bridgehead atoms. The fourth-order valence-electron chi connectivity index (χ4n) is 2.29. The van der Waals surface area contributed by atoms with Crippen molar-refractivity contribution in [1.29, 1.82) is 0 Å². The number of carbonyl (C=O) groups excluding carboxylic acids is 1. The topological polar surface area (TPSA) is 55.6 Å². The van der Waals surface area contributed by atoms with E-state index in [4.69, 9.17) is 10.5 Å². The van der Waals surface area contributed by atoms with E-state index in [0.29, 0.717) is 19.6 Å².